The van der Waals surface area contributed by atoms with Gasteiger partial charge in [0.15, 0.2) is 11.6 Å². The zero-order valence-electron chi connectivity index (χ0n) is 7.37. The Morgan fingerprint density at radius 3 is 3.25 bits per heavy atom. The SMILES string of the molecule is Cc1cnc2c(c1)OCCN2C. The molecule has 12 heavy (non-hydrogen) atoms. The number of ether oxygens (including phenoxy) is 1. The predicted octanol–water partition coefficient (Wildman–Crippen LogP) is 1.22. The molecule has 0 spiro atoms. The lowest BCUT2D eigenvalue weighted by Gasteiger charge is -2.26. The third-order valence-corrected chi connectivity index (χ3v) is 2.02. The van der Waals surface area contributed by atoms with E-state index < -0.39 is 0 Å². The summed E-state index contributed by atoms with van der Waals surface area (Å²) in [7, 11) is 2.03. The van der Waals surface area contributed by atoms with Crippen molar-refractivity contribution in [3.05, 3.63) is 17.8 Å². The maximum Gasteiger partial charge on any atom is 0.171 e. The highest BCUT2D eigenvalue weighted by molar-refractivity contribution is 5.54. The first-order chi connectivity index (χ1) is 5.77. The summed E-state index contributed by atoms with van der Waals surface area (Å²) in [6.45, 7) is 3.70. The summed E-state index contributed by atoms with van der Waals surface area (Å²) < 4.78 is 5.47. The van der Waals surface area contributed by atoms with E-state index in [0.29, 0.717) is 0 Å². The second-order valence-electron chi connectivity index (χ2n) is 3.10. The quantitative estimate of drug-likeness (QED) is 0.576. The first kappa shape index (κ1) is 7.40. The van der Waals surface area contributed by atoms with Crippen molar-refractivity contribution in [2.45, 2.75) is 6.92 Å². The van der Waals surface area contributed by atoms with Crippen molar-refractivity contribution < 1.29 is 4.74 Å². The van der Waals surface area contributed by atoms with Crippen LogP contribution >= 0.6 is 0 Å². The fraction of sp³-hybridized carbons (Fsp3) is 0.444. The average molecular weight is 164 g/mol. The highest BCUT2D eigenvalue weighted by Crippen LogP contribution is 2.28. The Kier molecular flexibility index (Phi) is 1.64. The van der Waals surface area contributed by atoms with Gasteiger partial charge in [0.25, 0.3) is 0 Å². The molecule has 1 aromatic rings. The van der Waals surface area contributed by atoms with Gasteiger partial charge >= 0.3 is 0 Å². The minimum absolute atomic E-state index is 0.759. The number of nitrogens with zero attached hydrogens (tertiary/aromatic N) is 2. The molecule has 2 heterocycles. The molecule has 1 aromatic heterocycles. The molecule has 0 aliphatic carbocycles. The van der Waals surface area contributed by atoms with Crippen LogP contribution in [0.4, 0.5) is 5.82 Å². The Morgan fingerprint density at radius 2 is 2.42 bits per heavy atom. The number of rotatable bonds is 0. The largest absolute Gasteiger partial charge is 0.488 e. The van der Waals surface area contributed by atoms with E-state index in [1.807, 2.05) is 26.2 Å². The lowest BCUT2D eigenvalue weighted by atomic mass is 10.3. The molecule has 0 radical (unpaired) electrons. The highest BCUT2D eigenvalue weighted by atomic mass is 16.5. The van der Waals surface area contributed by atoms with Gasteiger partial charge in [0.1, 0.15) is 6.61 Å². The lowest BCUT2D eigenvalue weighted by Crippen LogP contribution is -2.29. The van der Waals surface area contributed by atoms with Gasteiger partial charge in [-0.05, 0) is 18.6 Å². The molecular formula is C9H12N2O. The summed E-state index contributed by atoms with van der Waals surface area (Å²) in [4.78, 5) is 6.41. The van der Waals surface area contributed by atoms with Gasteiger partial charge in [-0.2, -0.15) is 0 Å². The number of likely N-dealkylation sites (N-methyl/N-ethyl adjacent to an activating group) is 1. The topological polar surface area (TPSA) is 25.4 Å². The van der Waals surface area contributed by atoms with E-state index in [4.69, 9.17) is 4.74 Å². The first-order valence-corrected chi connectivity index (χ1v) is 4.08. The minimum atomic E-state index is 0.759. The Hall–Kier alpha value is -1.25. The standard InChI is InChI=1S/C9H12N2O/c1-7-5-8-9(10-6-7)11(2)3-4-12-8/h5-6H,3-4H2,1-2H3. The van der Waals surface area contributed by atoms with Crippen molar-refractivity contribution in [1.29, 1.82) is 0 Å². The van der Waals surface area contributed by atoms with Crippen molar-refractivity contribution >= 4 is 5.82 Å². The smallest absolute Gasteiger partial charge is 0.171 e. The zero-order chi connectivity index (χ0) is 8.55. The van der Waals surface area contributed by atoms with E-state index in [-0.39, 0.29) is 0 Å². The molecule has 0 bridgehead atoms. The summed E-state index contributed by atoms with van der Waals surface area (Å²) in [5.74, 6) is 1.86. The van der Waals surface area contributed by atoms with Crippen LogP contribution in [-0.2, 0) is 0 Å². The second-order valence-corrected chi connectivity index (χ2v) is 3.10. The molecular weight excluding hydrogens is 152 g/mol. The fourth-order valence-corrected chi connectivity index (χ4v) is 1.33. The monoisotopic (exact) mass is 164 g/mol. The van der Waals surface area contributed by atoms with Gasteiger partial charge in [-0.25, -0.2) is 4.98 Å². The highest BCUT2D eigenvalue weighted by Gasteiger charge is 2.15. The van der Waals surface area contributed by atoms with Crippen LogP contribution < -0.4 is 9.64 Å². The van der Waals surface area contributed by atoms with Crippen molar-refractivity contribution in [1.82, 2.24) is 4.98 Å². The number of hydrogen-bond donors (Lipinski definition) is 0. The predicted molar refractivity (Wildman–Crippen MR) is 47.7 cm³/mol. The second kappa shape index (κ2) is 2.66. The Morgan fingerprint density at radius 1 is 1.58 bits per heavy atom. The van der Waals surface area contributed by atoms with Crippen LogP contribution in [0.25, 0.3) is 0 Å². The Bertz CT molecular complexity index is 299. The summed E-state index contributed by atoms with van der Waals surface area (Å²) in [6.07, 6.45) is 1.87. The van der Waals surface area contributed by atoms with Gasteiger partial charge in [0, 0.05) is 13.2 Å². The third kappa shape index (κ3) is 1.11. The molecule has 3 nitrogen and oxygen atoms in total. The summed E-state index contributed by atoms with van der Waals surface area (Å²) >= 11 is 0. The van der Waals surface area contributed by atoms with Gasteiger partial charge in [0.2, 0.25) is 0 Å². The Balaban J connectivity index is 2.46. The summed E-state index contributed by atoms with van der Waals surface area (Å²) in [5, 5.41) is 0. The normalized spacial score (nSPS) is 15.3. The average Bonchev–Trinajstić information content (AvgIpc) is 2.04. The van der Waals surface area contributed by atoms with E-state index in [2.05, 4.69) is 9.88 Å². The molecule has 0 fully saturated rings. The van der Waals surface area contributed by atoms with Gasteiger partial charge < -0.3 is 9.64 Å². The molecule has 3 heteroatoms. The van der Waals surface area contributed by atoms with Crippen molar-refractivity contribution in [3.8, 4) is 5.75 Å². The third-order valence-electron chi connectivity index (χ3n) is 2.02. The number of pyridine rings is 1. The maximum atomic E-state index is 5.47. The maximum absolute atomic E-state index is 5.47. The van der Waals surface area contributed by atoms with Crippen LogP contribution in [0.2, 0.25) is 0 Å². The van der Waals surface area contributed by atoms with Gasteiger partial charge in [0.05, 0.1) is 6.54 Å². The molecule has 64 valence electrons. The summed E-state index contributed by atoms with van der Waals surface area (Å²) in [5.41, 5.74) is 1.14. The van der Waals surface area contributed by atoms with Crippen LogP contribution in [0.1, 0.15) is 5.56 Å². The molecule has 1 aliphatic rings. The minimum Gasteiger partial charge on any atom is -0.488 e. The lowest BCUT2D eigenvalue weighted by molar-refractivity contribution is 0.308. The molecule has 0 amide bonds. The van der Waals surface area contributed by atoms with Gasteiger partial charge in [-0.3, -0.25) is 0 Å². The molecule has 0 atom stereocenters. The molecule has 1 aliphatic heterocycles. The number of aryl methyl sites for hydroxylation is 1. The van der Waals surface area contributed by atoms with Crippen LogP contribution in [0, 0.1) is 6.92 Å². The summed E-state index contributed by atoms with van der Waals surface area (Å²) in [6, 6.07) is 2.03. The van der Waals surface area contributed by atoms with Crippen molar-refractivity contribution in [2.75, 3.05) is 25.1 Å². The molecule has 2 rings (SSSR count). The number of fused-ring (bicyclic) bond motifs is 1. The zero-order valence-corrected chi connectivity index (χ0v) is 7.37. The molecule has 0 unspecified atom stereocenters. The number of aromatic nitrogens is 1. The molecule has 0 saturated carbocycles. The van der Waals surface area contributed by atoms with E-state index in [0.717, 1.165) is 30.3 Å². The molecule has 0 aromatic carbocycles. The van der Waals surface area contributed by atoms with E-state index >= 15 is 0 Å². The number of hydrogen-bond acceptors (Lipinski definition) is 3. The van der Waals surface area contributed by atoms with Crippen molar-refractivity contribution in [3.63, 3.8) is 0 Å². The molecule has 0 saturated heterocycles. The van der Waals surface area contributed by atoms with Crippen LogP contribution in [0.3, 0.4) is 0 Å². The van der Waals surface area contributed by atoms with E-state index in [1.54, 1.807) is 0 Å². The van der Waals surface area contributed by atoms with Crippen LogP contribution in [0.15, 0.2) is 12.3 Å². The van der Waals surface area contributed by atoms with Gasteiger partial charge in [-0.1, -0.05) is 0 Å². The Labute approximate surface area is 72.0 Å². The van der Waals surface area contributed by atoms with Crippen LogP contribution in [0.5, 0.6) is 5.75 Å². The van der Waals surface area contributed by atoms with Crippen LogP contribution in [-0.4, -0.2) is 25.2 Å². The van der Waals surface area contributed by atoms with Crippen molar-refractivity contribution in [2.24, 2.45) is 0 Å². The van der Waals surface area contributed by atoms with Gasteiger partial charge in [-0.15, -0.1) is 0 Å². The van der Waals surface area contributed by atoms with E-state index in [1.165, 1.54) is 0 Å². The fourth-order valence-electron chi connectivity index (χ4n) is 1.33. The van der Waals surface area contributed by atoms with E-state index in [9.17, 15) is 0 Å². The first-order valence-electron chi connectivity index (χ1n) is 4.08. The molecule has 0 N–H and O–H groups in total. The number of anilines is 1.